The Hall–Kier alpha value is -4.48. The molecule has 2 aromatic carbocycles. The number of oxazole rings is 1. The highest BCUT2D eigenvalue weighted by molar-refractivity contribution is 6.19. The number of hydrogen-bond donors (Lipinski definition) is 3. The maximum absolute atomic E-state index is 13.3. The average Bonchev–Trinajstić information content (AvgIpc) is 3.34. The van der Waals surface area contributed by atoms with Crippen molar-refractivity contribution in [1.82, 2.24) is 10.3 Å². The van der Waals surface area contributed by atoms with Crippen molar-refractivity contribution in [1.29, 1.82) is 0 Å². The van der Waals surface area contributed by atoms with Crippen molar-refractivity contribution in [3.05, 3.63) is 84.1 Å². The van der Waals surface area contributed by atoms with Gasteiger partial charge >= 0.3 is 6.18 Å². The summed E-state index contributed by atoms with van der Waals surface area (Å²) in [5.41, 5.74) is 7.43. The number of aromatic nitrogens is 1. The molecular weight excluding hydrogens is 491 g/mol. The molecule has 2 heterocycles. The van der Waals surface area contributed by atoms with Gasteiger partial charge in [0.05, 0.1) is 28.9 Å². The topological polar surface area (TPSA) is 140 Å². The van der Waals surface area contributed by atoms with Gasteiger partial charge in [-0.15, -0.1) is 0 Å². The lowest BCUT2D eigenvalue weighted by Crippen LogP contribution is -2.47. The van der Waals surface area contributed by atoms with Crippen LogP contribution in [0.15, 0.2) is 76.7 Å². The second-order valence-corrected chi connectivity index (χ2v) is 8.34. The van der Waals surface area contributed by atoms with Gasteiger partial charge in [-0.05, 0) is 12.5 Å². The zero-order valence-corrected chi connectivity index (χ0v) is 19.2. The van der Waals surface area contributed by atoms with Gasteiger partial charge in [-0.2, -0.15) is 13.2 Å². The second kappa shape index (κ2) is 10.6. The van der Waals surface area contributed by atoms with Crippen LogP contribution in [-0.4, -0.2) is 40.8 Å². The number of anilines is 1. The fourth-order valence-electron chi connectivity index (χ4n) is 4.12. The van der Waals surface area contributed by atoms with Gasteiger partial charge in [0, 0.05) is 17.5 Å². The molecule has 0 bridgehead atoms. The predicted molar refractivity (Wildman–Crippen MR) is 126 cm³/mol. The minimum absolute atomic E-state index is 0.0963. The standard InChI is InChI=1S/C25H22F3N5O4/c26-25(27,28)11-10-16(19(21(29)34)18-12-37-13-30-18)23(35)33-22-24(36)31-17-9-5-4-8-15(17)20(32-22)14-6-2-1-3-7-14/h1-9,12-13,16,19,22H,10-11H2,(H2,29,34)(H,31,36)(H,33,35)/t16-,19-,22-/m1/s1. The first-order valence-corrected chi connectivity index (χ1v) is 11.2. The number of alkyl halides is 3. The Morgan fingerprint density at radius 2 is 1.81 bits per heavy atom. The summed E-state index contributed by atoms with van der Waals surface area (Å²) < 4.78 is 44.1. The molecular formula is C25H22F3N5O4. The number of carbonyl (C=O) groups is 3. The minimum Gasteiger partial charge on any atom is -0.451 e. The van der Waals surface area contributed by atoms with E-state index in [2.05, 4.69) is 20.6 Å². The summed E-state index contributed by atoms with van der Waals surface area (Å²) in [7, 11) is 0. The third kappa shape index (κ3) is 6.02. The average molecular weight is 513 g/mol. The van der Waals surface area contributed by atoms with Gasteiger partial charge in [0.1, 0.15) is 6.26 Å². The highest BCUT2D eigenvalue weighted by Crippen LogP contribution is 2.32. The number of halogens is 3. The molecule has 3 aromatic rings. The number of nitrogens with zero attached hydrogens (tertiary/aromatic N) is 2. The number of benzene rings is 2. The molecule has 1 aliphatic heterocycles. The van der Waals surface area contributed by atoms with Crippen LogP contribution >= 0.6 is 0 Å². The van der Waals surface area contributed by atoms with Crippen molar-refractivity contribution in [2.45, 2.75) is 31.1 Å². The van der Waals surface area contributed by atoms with Gasteiger partial charge < -0.3 is 20.8 Å². The molecule has 0 spiro atoms. The Morgan fingerprint density at radius 1 is 1.11 bits per heavy atom. The maximum Gasteiger partial charge on any atom is 0.389 e. The third-order valence-corrected chi connectivity index (χ3v) is 5.83. The van der Waals surface area contributed by atoms with E-state index in [9.17, 15) is 27.6 Å². The minimum atomic E-state index is -4.61. The molecule has 3 atom stereocenters. The molecule has 0 fully saturated rings. The first-order chi connectivity index (χ1) is 17.6. The van der Waals surface area contributed by atoms with E-state index in [1.54, 1.807) is 54.6 Å². The largest absolute Gasteiger partial charge is 0.451 e. The molecule has 1 aliphatic rings. The van der Waals surface area contributed by atoms with Gasteiger partial charge in [-0.25, -0.2) is 9.98 Å². The number of hydrogen-bond acceptors (Lipinski definition) is 6. The quantitative estimate of drug-likeness (QED) is 0.425. The van der Waals surface area contributed by atoms with Crippen LogP contribution < -0.4 is 16.4 Å². The molecule has 0 radical (unpaired) electrons. The van der Waals surface area contributed by atoms with Crippen molar-refractivity contribution in [3.8, 4) is 0 Å². The summed E-state index contributed by atoms with van der Waals surface area (Å²) in [5, 5.41) is 5.09. The van der Waals surface area contributed by atoms with Crippen LogP contribution in [0.3, 0.4) is 0 Å². The normalized spacial score (nSPS) is 17.0. The Morgan fingerprint density at radius 3 is 2.46 bits per heavy atom. The lowest BCUT2D eigenvalue weighted by Gasteiger charge is -2.24. The van der Waals surface area contributed by atoms with Crippen LogP contribution in [0.1, 0.15) is 35.6 Å². The second-order valence-electron chi connectivity index (χ2n) is 8.34. The summed E-state index contributed by atoms with van der Waals surface area (Å²) in [5.74, 6) is -5.91. The number of fused-ring (bicyclic) bond motifs is 1. The molecule has 192 valence electrons. The van der Waals surface area contributed by atoms with Crippen molar-refractivity contribution < 1.29 is 32.0 Å². The molecule has 0 saturated carbocycles. The number of nitrogens with two attached hydrogens (primary N) is 1. The maximum atomic E-state index is 13.3. The number of para-hydroxylation sites is 1. The van der Waals surface area contributed by atoms with E-state index in [1.165, 1.54) is 0 Å². The molecule has 0 saturated heterocycles. The van der Waals surface area contributed by atoms with Crippen molar-refractivity contribution in [2.75, 3.05) is 5.32 Å². The summed E-state index contributed by atoms with van der Waals surface area (Å²) in [6, 6.07) is 15.8. The summed E-state index contributed by atoms with van der Waals surface area (Å²) in [6.45, 7) is 0. The fraction of sp³-hybridized carbons (Fsp3) is 0.240. The zero-order valence-electron chi connectivity index (χ0n) is 19.2. The molecule has 3 amide bonds. The highest BCUT2D eigenvalue weighted by atomic mass is 19.4. The SMILES string of the molecule is NC(=O)[C@@H](c1cocn1)[C@@H](CCC(F)(F)F)C(=O)N[C@H]1N=C(c2ccccc2)c2ccccc2NC1=O. The van der Waals surface area contributed by atoms with Crippen LogP contribution in [0.2, 0.25) is 0 Å². The van der Waals surface area contributed by atoms with Crippen LogP contribution in [0.4, 0.5) is 18.9 Å². The van der Waals surface area contributed by atoms with E-state index < -0.39 is 54.7 Å². The zero-order chi connectivity index (χ0) is 26.6. The van der Waals surface area contributed by atoms with Crippen molar-refractivity contribution in [2.24, 2.45) is 16.6 Å². The van der Waals surface area contributed by atoms with Crippen molar-refractivity contribution in [3.63, 3.8) is 0 Å². The molecule has 9 nitrogen and oxygen atoms in total. The van der Waals surface area contributed by atoms with E-state index in [1.807, 2.05) is 0 Å². The Bertz CT molecular complexity index is 1310. The lowest BCUT2D eigenvalue weighted by atomic mass is 9.84. The molecule has 12 heteroatoms. The number of nitrogens with one attached hydrogen (secondary N) is 2. The number of rotatable bonds is 8. The van der Waals surface area contributed by atoms with Gasteiger partial charge in [-0.3, -0.25) is 14.4 Å². The van der Waals surface area contributed by atoms with Gasteiger partial charge in [-0.1, -0.05) is 48.5 Å². The van der Waals surface area contributed by atoms with E-state index in [0.29, 0.717) is 22.5 Å². The van der Waals surface area contributed by atoms with Crippen LogP contribution in [-0.2, 0) is 14.4 Å². The van der Waals surface area contributed by atoms with E-state index in [0.717, 1.165) is 12.7 Å². The molecule has 1 aromatic heterocycles. The molecule has 0 aliphatic carbocycles. The van der Waals surface area contributed by atoms with Crippen LogP contribution in [0.25, 0.3) is 0 Å². The first-order valence-electron chi connectivity index (χ1n) is 11.2. The van der Waals surface area contributed by atoms with E-state index >= 15 is 0 Å². The van der Waals surface area contributed by atoms with Gasteiger partial charge in [0.2, 0.25) is 18.0 Å². The van der Waals surface area contributed by atoms with Gasteiger partial charge in [0.25, 0.3) is 5.91 Å². The van der Waals surface area contributed by atoms with Crippen molar-refractivity contribution >= 4 is 29.1 Å². The summed E-state index contributed by atoms with van der Waals surface area (Å²) in [4.78, 5) is 46.9. The third-order valence-electron chi connectivity index (χ3n) is 5.83. The lowest BCUT2D eigenvalue weighted by molar-refractivity contribution is -0.144. The smallest absolute Gasteiger partial charge is 0.389 e. The Kier molecular flexibility index (Phi) is 7.37. The molecule has 4 rings (SSSR count). The Labute approximate surface area is 209 Å². The first kappa shape index (κ1) is 25.6. The number of primary amides is 1. The van der Waals surface area contributed by atoms with E-state index in [-0.39, 0.29) is 5.69 Å². The number of carbonyl (C=O) groups excluding carboxylic acids is 3. The highest BCUT2D eigenvalue weighted by Gasteiger charge is 2.40. The number of benzodiazepines with no additional fused rings is 1. The fourth-order valence-corrected chi connectivity index (χ4v) is 4.12. The number of amides is 3. The summed E-state index contributed by atoms with van der Waals surface area (Å²) >= 11 is 0. The molecule has 37 heavy (non-hydrogen) atoms. The predicted octanol–water partition coefficient (Wildman–Crippen LogP) is 3.13. The van der Waals surface area contributed by atoms with Crippen LogP contribution in [0, 0.1) is 5.92 Å². The molecule has 4 N–H and O–H groups in total. The monoisotopic (exact) mass is 513 g/mol. The number of aliphatic imine (C=N–C) groups is 1. The summed E-state index contributed by atoms with van der Waals surface area (Å²) in [6.07, 6.45) is -6.26. The van der Waals surface area contributed by atoms with Crippen LogP contribution in [0.5, 0.6) is 0 Å². The molecule has 0 unspecified atom stereocenters. The van der Waals surface area contributed by atoms with E-state index in [4.69, 9.17) is 10.2 Å². The Balaban J connectivity index is 1.70. The van der Waals surface area contributed by atoms with Gasteiger partial charge in [0.15, 0.2) is 6.39 Å².